The minimum absolute atomic E-state index is 0.313. The zero-order valence-corrected chi connectivity index (χ0v) is 17.5. The summed E-state index contributed by atoms with van der Waals surface area (Å²) >= 11 is 5.85. The van der Waals surface area contributed by atoms with Crippen molar-refractivity contribution in [2.45, 2.75) is 6.42 Å². The highest BCUT2D eigenvalue weighted by atomic mass is 35.5. The first-order chi connectivity index (χ1) is 13.2. The zero-order valence-electron chi connectivity index (χ0n) is 15.9. The quantitative estimate of drug-likeness (QED) is 0.665. The SMILES string of the molecule is COc1ccc(N(CC(=O)NCCc2ccc(Cl)cc2)S(C)(=O)=O)cc1OC. The summed E-state index contributed by atoms with van der Waals surface area (Å²) < 4.78 is 35.8. The number of nitrogens with one attached hydrogen (secondary N) is 1. The minimum Gasteiger partial charge on any atom is -0.493 e. The predicted octanol–water partition coefficient (Wildman–Crippen LogP) is 2.48. The maximum Gasteiger partial charge on any atom is 0.240 e. The van der Waals surface area contributed by atoms with Crippen molar-refractivity contribution in [3.05, 3.63) is 53.1 Å². The number of hydrogen-bond acceptors (Lipinski definition) is 5. The van der Waals surface area contributed by atoms with Crippen molar-refractivity contribution in [2.75, 3.05) is 37.9 Å². The van der Waals surface area contributed by atoms with Crippen molar-refractivity contribution >= 4 is 33.2 Å². The number of methoxy groups -OCH3 is 2. The van der Waals surface area contributed by atoms with Gasteiger partial charge in [0.15, 0.2) is 11.5 Å². The van der Waals surface area contributed by atoms with Crippen LogP contribution in [-0.2, 0) is 21.2 Å². The molecule has 1 N–H and O–H groups in total. The van der Waals surface area contributed by atoms with E-state index in [1.165, 1.54) is 20.3 Å². The van der Waals surface area contributed by atoms with Gasteiger partial charge in [0.1, 0.15) is 6.54 Å². The van der Waals surface area contributed by atoms with E-state index in [-0.39, 0.29) is 6.54 Å². The molecule has 9 heteroatoms. The van der Waals surface area contributed by atoms with Gasteiger partial charge in [0.05, 0.1) is 26.2 Å². The highest BCUT2D eigenvalue weighted by molar-refractivity contribution is 7.92. The van der Waals surface area contributed by atoms with E-state index in [2.05, 4.69) is 5.32 Å². The van der Waals surface area contributed by atoms with Crippen molar-refractivity contribution in [1.82, 2.24) is 5.32 Å². The van der Waals surface area contributed by atoms with Crippen molar-refractivity contribution in [2.24, 2.45) is 0 Å². The number of ether oxygens (including phenoxy) is 2. The monoisotopic (exact) mass is 426 g/mol. The maximum atomic E-state index is 12.3. The second-order valence-electron chi connectivity index (χ2n) is 6.04. The lowest BCUT2D eigenvalue weighted by Gasteiger charge is -2.23. The number of anilines is 1. The summed E-state index contributed by atoms with van der Waals surface area (Å²) in [7, 11) is -0.738. The Morgan fingerprint density at radius 1 is 1.07 bits per heavy atom. The van der Waals surface area contributed by atoms with Gasteiger partial charge in [-0.25, -0.2) is 8.42 Å². The van der Waals surface area contributed by atoms with E-state index < -0.39 is 15.9 Å². The van der Waals surface area contributed by atoms with Crippen LogP contribution in [0.2, 0.25) is 5.02 Å². The first kappa shape index (κ1) is 21.8. The maximum absolute atomic E-state index is 12.3. The number of sulfonamides is 1. The van der Waals surface area contributed by atoms with Gasteiger partial charge in [-0.3, -0.25) is 9.10 Å². The fourth-order valence-electron chi connectivity index (χ4n) is 2.56. The largest absolute Gasteiger partial charge is 0.493 e. The Kier molecular flexibility index (Phi) is 7.53. The van der Waals surface area contributed by atoms with Gasteiger partial charge in [0.2, 0.25) is 15.9 Å². The van der Waals surface area contributed by atoms with Crippen LogP contribution >= 0.6 is 11.6 Å². The number of amides is 1. The molecule has 152 valence electrons. The number of hydrogen-bond donors (Lipinski definition) is 1. The molecule has 2 rings (SSSR count). The molecule has 0 radical (unpaired) electrons. The third kappa shape index (κ3) is 6.03. The van der Waals surface area contributed by atoms with Crippen LogP contribution in [0.3, 0.4) is 0 Å². The Morgan fingerprint density at radius 2 is 1.71 bits per heavy atom. The number of rotatable bonds is 9. The van der Waals surface area contributed by atoms with Crippen LogP contribution in [0.5, 0.6) is 11.5 Å². The fraction of sp³-hybridized carbons (Fsp3) is 0.316. The summed E-state index contributed by atoms with van der Waals surface area (Å²) in [5.41, 5.74) is 1.33. The molecular weight excluding hydrogens is 404 g/mol. The van der Waals surface area contributed by atoms with Crippen LogP contribution in [0.15, 0.2) is 42.5 Å². The van der Waals surface area contributed by atoms with Crippen LogP contribution < -0.4 is 19.1 Å². The fourth-order valence-corrected chi connectivity index (χ4v) is 3.54. The Bertz CT molecular complexity index is 916. The first-order valence-electron chi connectivity index (χ1n) is 8.45. The molecule has 0 aromatic heterocycles. The molecule has 28 heavy (non-hydrogen) atoms. The van der Waals surface area contributed by atoms with Crippen LogP contribution in [0.25, 0.3) is 0 Å². The van der Waals surface area contributed by atoms with Crippen LogP contribution in [0.4, 0.5) is 5.69 Å². The molecule has 0 heterocycles. The second-order valence-corrected chi connectivity index (χ2v) is 8.38. The van der Waals surface area contributed by atoms with Crippen molar-refractivity contribution in [3.8, 4) is 11.5 Å². The molecule has 2 aromatic rings. The van der Waals surface area contributed by atoms with Gasteiger partial charge in [0.25, 0.3) is 0 Å². The van der Waals surface area contributed by atoms with Crippen LogP contribution in [0, 0.1) is 0 Å². The normalized spacial score (nSPS) is 11.0. The second kappa shape index (κ2) is 9.66. The molecule has 0 bridgehead atoms. The number of benzene rings is 2. The molecule has 0 aliphatic rings. The van der Waals surface area contributed by atoms with Crippen molar-refractivity contribution in [3.63, 3.8) is 0 Å². The summed E-state index contributed by atoms with van der Waals surface area (Å²) in [5.74, 6) is 0.429. The van der Waals surface area contributed by atoms with Gasteiger partial charge in [-0.1, -0.05) is 23.7 Å². The number of carbonyl (C=O) groups excluding carboxylic acids is 1. The number of carbonyl (C=O) groups is 1. The molecule has 7 nitrogen and oxygen atoms in total. The van der Waals surface area contributed by atoms with Crippen molar-refractivity contribution in [1.29, 1.82) is 0 Å². The Morgan fingerprint density at radius 3 is 2.29 bits per heavy atom. The molecular formula is C19H23ClN2O5S. The third-order valence-corrected chi connectivity index (χ3v) is 5.38. The van der Waals surface area contributed by atoms with Gasteiger partial charge < -0.3 is 14.8 Å². The molecule has 0 aliphatic carbocycles. The lowest BCUT2D eigenvalue weighted by molar-refractivity contribution is -0.119. The lowest BCUT2D eigenvalue weighted by atomic mass is 10.1. The molecule has 0 atom stereocenters. The van der Waals surface area contributed by atoms with Crippen LogP contribution in [-0.4, -0.2) is 47.9 Å². The van der Waals surface area contributed by atoms with Gasteiger partial charge in [-0.15, -0.1) is 0 Å². The van der Waals surface area contributed by atoms with E-state index in [0.717, 1.165) is 16.1 Å². The smallest absolute Gasteiger partial charge is 0.240 e. The standard InChI is InChI=1S/C19H23ClN2O5S/c1-26-17-9-8-16(12-18(17)27-2)22(28(3,24)25)13-19(23)21-11-10-14-4-6-15(20)7-5-14/h4-9,12H,10-11,13H2,1-3H3,(H,21,23). The summed E-state index contributed by atoms with van der Waals surface area (Å²) in [5, 5.41) is 3.38. The molecule has 0 unspecified atom stereocenters. The minimum atomic E-state index is -3.68. The topological polar surface area (TPSA) is 84.9 Å². The molecule has 0 saturated carbocycles. The van der Waals surface area contributed by atoms with E-state index in [0.29, 0.717) is 35.2 Å². The lowest BCUT2D eigenvalue weighted by Crippen LogP contribution is -2.41. The molecule has 1 amide bonds. The number of halogens is 1. The van der Waals surface area contributed by atoms with E-state index >= 15 is 0 Å². The van der Waals surface area contributed by atoms with Gasteiger partial charge in [-0.2, -0.15) is 0 Å². The molecule has 0 spiro atoms. The van der Waals surface area contributed by atoms with E-state index in [1.807, 2.05) is 12.1 Å². The average Bonchev–Trinajstić information content (AvgIpc) is 2.66. The highest BCUT2D eigenvalue weighted by Crippen LogP contribution is 2.32. The van der Waals surface area contributed by atoms with Gasteiger partial charge >= 0.3 is 0 Å². The van der Waals surface area contributed by atoms with E-state index in [9.17, 15) is 13.2 Å². The van der Waals surface area contributed by atoms with Gasteiger partial charge in [0, 0.05) is 17.6 Å². The molecule has 2 aromatic carbocycles. The molecule has 0 saturated heterocycles. The van der Waals surface area contributed by atoms with Gasteiger partial charge in [-0.05, 0) is 36.2 Å². The molecule has 0 fully saturated rings. The predicted molar refractivity (Wildman–Crippen MR) is 110 cm³/mol. The highest BCUT2D eigenvalue weighted by Gasteiger charge is 2.22. The van der Waals surface area contributed by atoms with E-state index in [4.69, 9.17) is 21.1 Å². The summed E-state index contributed by atoms with van der Waals surface area (Å²) in [6.07, 6.45) is 1.66. The number of nitrogens with zero attached hydrogens (tertiary/aromatic N) is 1. The van der Waals surface area contributed by atoms with E-state index in [1.54, 1.807) is 24.3 Å². The molecule has 0 aliphatic heterocycles. The average molecular weight is 427 g/mol. The van der Waals surface area contributed by atoms with Crippen molar-refractivity contribution < 1.29 is 22.7 Å². The Balaban J connectivity index is 2.05. The summed E-state index contributed by atoms with van der Waals surface area (Å²) in [6.45, 7) is 0.0406. The van der Waals surface area contributed by atoms with Crippen LogP contribution in [0.1, 0.15) is 5.56 Å². The summed E-state index contributed by atoms with van der Waals surface area (Å²) in [4.78, 5) is 12.3. The third-order valence-electron chi connectivity index (χ3n) is 3.99. The Labute approximate surface area is 170 Å². The Hall–Kier alpha value is -2.45. The first-order valence-corrected chi connectivity index (χ1v) is 10.7. The zero-order chi connectivity index (χ0) is 20.7. The summed E-state index contributed by atoms with van der Waals surface area (Å²) in [6, 6.07) is 12.0.